The predicted octanol–water partition coefficient (Wildman–Crippen LogP) is 4.15. The lowest BCUT2D eigenvalue weighted by Crippen LogP contribution is -2.38. The van der Waals surface area contributed by atoms with E-state index in [-0.39, 0.29) is 30.5 Å². The van der Waals surface area contributed by atoms with E-state index in [1.54, 1.807) is 18.2 Å². The molecule has 5 nitrogen and oxygen atoms in total. The molecule has 1 aromatic heterocycles. The van der Waals surface area contributed by atoms with Crippen LogP contribution in [0, 0.1) is 6.92 Å². The van der Waals surface area contributed by atoms with Crippen molar-refractivity contribution in [2.45, 2.75) is 26.4 Å². The number of guanidine groups is 1. The third kappa shape index (κ3) is 8.64. The summed E-state index contributed by atoms with van der Waals surface area (Å²) in [4.78, 5) is 8.73. The normalized spacial score (nSPS) is 12.3. The molecule has 27 heavy (non-hydrogen) atoms. The van der Waals surface area contributed by atoms with Gasteiger partial charge < -0.3 is 15.7 Å². The molecule has 0 spiro atoms. The van der Waals surface area contributed by atoms with Gasteiger partial charge in [0.05, 0.1) is 12.6 Å². The number of aromatic nitrogens is 1. The van der Waals surface area contributed by atoms with Gasteiger partial charge in [0.1, 0.15) is 0 Å². The second-order valence-corrected chi connectivity index (χ2v) is 6.80. The molecule has 0 aliphatic carbocycles. The van der Waals surface area contributed by atoms with Gasteiger partial charge in [-0.25, -0.2) is 0 Å². The molecule has 2 aromatic rings. The van der Waals surface area contributed by atoms with E-state index in [4.69, 9.17) is 23.2 Å². The quantitative estimate of drug-likeness (QED) is 0.290. The second kappa shape index (κ2) is 12.4. The van der Waals surface area contributed by atoms with Crippen LogP contribution >= 0.6 is 47.2 Å². The van der Waals surface area contributed by atoms with Crippen LogP contribution in [-0.2, 0) is 6.42 Å². The molecule has 0 fully saturated rings. The van der Waals surface area contributed by atoms with Gasteiger partial charge in [0.25, 0.3) is 0 Å². The van der Waals surface area contributed by atoms with E-state index in [1.165, 1.54) is 0 Å². The van der Waals surface area contributed by atoms with Crippen molar-refractivity contribution in [2.24, 2.45) is 4.99 Å². The molecule has 0 aliphatic rings. The van der Waals surface area contributed by atoms with E-state index >= 15 is 0 Å². The Morgan fingerprint density at radius 3 is 2.48 bits per heavy atom. The first kappa shape index (κ1) is 23.9. The van der Waals surface area contributed by atoms with E-state index in [9.17, 15) is 5.11 Å². The molecule has 1 aromatic carbocycles. The maximum Gasteiger partial charge on any atom is 0.191 e. The summed E-state index contributed by atoms with van der Waals surface area (Å²) in [5.41, 5.74) is 2.81. The molecule has 0 radical (unpaired) electrons. The minimum Gasteiger partial charge on any atom is -0.386 e. The SMILES string of the molecule is CCNC(=NCC(O)c1cc(Cl)cc(Cl)c1)NCCc1ccc(C)nc1.I. The fourth-order valence-electron chi connectivity index (χ4n) is 2.36. The van der Waals surface area contributed by atoms with Gasteiger partial charge in [0.15, 0.2) is 5.96 Å². The minimum absolute atomic E-state index is 0. The first-order valence-electron chi connectivity index (χ1n) is 8.55. The zero-order valence-electron chi connectivity index (χ0n) is 15.4. The van der Waals surface area contributed by atoms with Crippen LogP contribution in [0.15, 0.2) is 41.5 Å². The van der Waals surface area contributed by atoms with Gasteiger partial charge in [-0.15, -0.1) is 24.0 Å². The molecular weight excluding hydrogens is 498 g/mol. The highest BCUT2D eigenvalue weighted by Crippen LogP contribution is 2.23. The lowest BCUT2D eigenvalue weighted by molar-refractivity contribution is 0.187. The molecule has 1 atom stereocenters. The van der Waals surface area contributed by atoms with Crippen molar-refractivity contribution in [1.82, 2.24) is 15.6 Å². The van der Waals surface area contributed by atoms with Crippen LogP contribution in [0.25, 0.3) is 0 Å². The summed E-state index contributed by atoms with van der Waals surface area (Å²) in [5, 5.41) is 17.7. The number of nitrogens with one attached hydrogen (secondary N) is 2. The minimum atomic E-state index is -0.775. The number of halogens is 3. The Morgan fingerprint density at radius 2 is 1.89 bits per heavy atom. The number of hydrogen-bond acceptors (Lipinski definition) is 3. The average molecular weight is 523 g/mol. The van der Waals surface area contributed by atoms with Crippen LogP contribution in [-0.4, -0.2) is 35.7 Å². The summed E-state index contributed by atoms with van der Waals surface area (Å²) < 4.78 is 0. The number of rotatable bonds is 7. The van der Waals surface area contributed by atoms with Crippen LogP contribution in [0.1, 0.15) is 29.8 Å². The molecule has 0 saturated heterocycles. The number of hydrogen-bond donors (Lipinski definition) is 3. The summed E-state index contributed by atoms with van der Waals surface area (Å²) in [5.74, 6) is 0.653. The van der Waals surface area contributed by atoms with Crippen LogP contribution in [0.4, 0.5) is 0 Å². The van der Waals surface area contributed by atoms with Gasteiger partial charge in [-0.1, -0.05) is 29.3 Å². The van der Waals surface area contributed by atoms with Gasteiger partial charge >= 0.3 is 0 Å². The highest BCUT2D eigenvalue weighted by Gasteiger charge is 2.09. The first-order chi connectivity index (χ1) is 12.5. The molecule has 148 valence electrons. The van der Waals surface area contributed by atoms with E-state index in [0.717, 1.165) is 30.8 Å². The van der Waals surface area contributed by atoms with Crippen LogP contribution in [0.3, 0.4) is 0 Å². The van der Waals surface area contributed by atoms with Crippen molar-refractivity contribution in [1.29, 1.82) is 0 Å². The first-order valence-corrected chi connectivity index (χ1v) is 9.31. The van der Waals surface area contributed by atoms with Crippen molar-refractivity contribution >= 4 is 53.1 Å². The Balaban J connectivity index is 0.00000364. The Hall–Kier alpha value is -1.09. The molecule has 3 N–H and O–H groups in total. The van der Waals surface area contributed by atoms with Gasteiger partial charge in [-0.3, -0.25) is 9.98 Å². The Morgan fingerprint density at radius 1 is 1.19 bits per heavy atom. The number of pyridine rings is 1. The summed E-state index contributed by atoms with van der Waals surface area (Å²) in [7, 11) is 0. The van der Waals surface area contributed by atoms with E-state index in [1.807, 2.05) is 26.1 Å². The second-order valence-electron chi connectivity index (χ2n) is 5.92. The van der Waals surface area contributed by atoms with E-state index in [0.29, 0.717) is 21.6 Å². The molecule has 0 aliphatic heterocycles. The monoisotopic (exact) mass is 522 g/mol. The van der Waals surface area contributed by atoms with Crippen LogP contribution < -0.4 is 10.6 Å². The number of nitrogens with zero attached hydrogens (tertiary/aromatic N) is 2. The van der Waals surface area contributed by atoms with Gasteiger partial charge in [-0.2, -0.15) is 0 Å². The lowest BCUT2D eigenvalue weighted by atomic mass is 10.1. The summed E-state index contributed by atoms with van der Waals surface area (Å²) in [6.45, 7) is 5.62. The molecule has 0 saturated carbocycles. The predicted molar refractivity (Wildman–Crippen MR) is 123 cm³/mol. The largest absolute Gasteiger partial charge is 0.386 e. The number of aliphatic hydroxyl groups excluding tert-OH is 1. The fourth-order valence-corrected chi connectivity index (χ4v) is 2.91. The average Bonchev–Trinajstić information content (AvgIpc) is 2.60. The molecule has 0 amide bonds. The van der Waals surface area contributed by atoms with Crippen molar-refractivity contribution in [2.75, 3.05) is 19.6 Å². The lowest BCUT2D eigenvalue weighted by Gasteiger charge is -2.14. The summed E-state index contributed by atoms with van der Waals surface area (Å²) in [6, 6.07) is 9.09. The topological polar surface area (TPSA) is 69.5 Å². The number of aryl methyl sites for hydroxylation is 1. The zero-order chi connectivity index (χ0) is 18.9. The summed E-state index contributed by atoms with van der Waals surface area (Å²) >= 11 is 12.0. The third-order valence-corrected chi connectivity index (χ3v) is 4.15. The van der Waals surface area contributed by atoms with Crippen molar-refractivity contribution < 1.29 is 5.11 Å². The molecule has 2 rings (SSSR count). The maximum absolute atomic E-state index is 10.3. The highest BCUT2D eigenvalue weighted by molar-refractivity contribution is 14.0. The Kier molecular flexibility index (Phi) is 11.0. The van der Waals surface area contributed by atoms with Crippen LogP contribution in [0.2, 0.25) is 10.0 Å². The van der Waals surface area contributed by atoms with Gasteiger partial charge in [-0.05, 0) is 55.7 Å². The maximum atomic E-state index is 10.3. The molecule has 1 unspecified atom stereocenters. The smallest absolute Gasteiger partial charge is 0.191 e. The Bertz CT molecular complexity index is 721. The van der Waals surface area contributed by atoms with Crippen molar-refractivity contribution in [3.8, 4) is 0 Å². The van der Waals surface area contributed by atoms with Crippen molar-refractivity contribution in [3.05, 3.63) is 63.4 Å². The Labute approximate surface area is 187 Å². The fraction of sp³-hybridized carbons (Fsp3) is 0.368. The van der Waals surface area contributed by atoms with Crippen LogP contribution in [0.5, 0.6) is 0 Å². The summed E-state index contributed by atoms with van der Waals surface area (Å²) in [6.07, 6.45) is 1.95. The molecule has 8 heteroatoms. The standard InChI is InChI=1S/C19H24Cl2N4O.HI/c1-3-22-19(23-7-6-14-5-4-13(2)24-11-14)25-12-18(26)15-8-16(20)10-17(21)9-15;/h4-5,8-11,18,26H,3,6-7,12H2,1-2H3,(H2,22,23,25);1H. The zero-order valence-corrected chi connectivity index (χ0v) is 19.2. The number of benzene rings is 1. The third-order valence-electron chi connectivity index (χ3n) is 3.71. The van der Waals surface area contributed by atoms with E-state index < -0.39 is 6.10 Å². The van der Waals surface area contributed by atoms with Gasteiger partial charge in [0, 0.05) is 35.0 Å². The molecule has 1 heterocycles. The number of aliphatic imine (C=N–C) groups is 1. The highest BCUT2D eigenvalue weighted by atomic mass is 127. The molecule has 0 bridgehead atoms. The van der Waals surface area contributed by atoms with Gasteiger partial charge in [0.2, 0.25) is 0 Å². The number of aliphatic hydroxyl groups is 1. The van der Waals surface area contributed by atoms with E-state index in [2.05, 4.69) is 26.7 Å². The van der Waals surface area contributed by atoms with Crippen molar-refractivity contribution in [3.63, 3.8) is 0 Å². The molecular formula is C19H25Cl2IN4O.